The third-order valence-corrected chi connectivity index (χ3v) is 3.11. The van der Waals surface area contributed by atoms with Crippen molar-refractivity contribution in [2.75, 3.05) is 0 Å². The minimum Gasteiger partial charge on any atom is -0.490 e. The smallest absolute Gasteiger partial charge is 0.416 e. The van der Waals surface area contributed by atoms with Gasteiger partial charge in [0, 0.05) is 0 Å². The predicted octanol–water partition coefficient (Wildman–Crippen LogP) is 4.27. The van der Waals surface area contributed by atoms with Crippen LogP contribution in [0.4, 0.5) is 13.2 Å². The standard InChI is InChI=1S/C13H15F3O/c1-9-5-6-12(7-9)17-11-4-2-3-10(8-11)13(14,15)16/h2-4,8-9,12H,5-7H2,1H3/t9?,12-/m1/s1. The van der Waals surface area contributed by atoms with E-state index in [1.54, 1.807) is 6.07 Å². The molecule has 0 heterocycles. The van der Waals surface area contributed by atoms with Crippen LogP contribution in [0, 0.1) is 5.92 Å². The zero-order chi connectivity index (χ0) is 12.5. The second-order valence-corrected chi connectivity index (χ2v) is 4.68. The third-order valence-electron chi connectivity index (χ3n) is 3.11. The summed E-state index contributed by atoms with van der Waals surface area (Å²) in [5.41, 5.74) is -0.652. The van der Waals surface area contributed by atoms with Gasteiger partial charge < -0.3 is 4.74 Å². The first-order valence-electron chi connectivity index (χ1n) is 5.79. The van der Waals surface area contributed by atoms with Crippen molar-refractivity contribution >= 4 is 0 Å². The number of hydrogen-bond donors (Lipinski definition) is 0. The maximum absolute atomic E-state index is 12.5. The lowest BCUT2D eigenvalue weighted by Crippen LogP contribution is -2.12. The van der Waals surface area contributed by atoms with E-state index in [9.17, 15) is 13.2 Å². The molecule has 0 N–H and O–H groups in total. The molecule has 0 amide bonds. The van der Waals surface area contributed by atoms with Gasteiger partial charge in [0.1, 0.15) is 5.75 Å². The molecule has 1 fully saturated rings. The molecule has 0 saturated heterocycles. The molecule has 2 rings (SSSR count). The van der Waals surface area contributed by atoms with Crippen molar-refractivity contribution in [2.24, 2.45) is 5.92 Å². The van der Waals surface area contributed by atoms with Crippen LogP contribution in [0.1, 0.15) is 31.7 Å². The fourth-order valence-electron chi connectivity index (χ4n) is 2.20. The van der Waals surface area contributed by atoms with Gasteiger partial charge in [-0.2, -0.15) is 13.2 Å². The molecule has 0 bridgehead atoms. The Bertz CT molecular complexity index is 386. The Labute approximate surface area is 98.6 Å². The SMILES string of the molecule is CC1CC[C@@H](Oc2cccc(C(F)(F)F)c2)C1. The van der Waals surface area contributed by atoms with E-state index in [1.807, 2.05) is 0 Å². The molecule has 2 atom stereocenters. The molecule has 1 aromatic rings. The van der Waals surface area contributed by atoms with Gasteiger partial charge in [0.05, 0.1) is 11.7 Å². The quantitative estimate of drug-likeness (QED) is 0.754. The van der Waals surface area contributed by atoms with Gasteiger partial charge in [0.25, 0.3) is 0 Å². The summed E-state index contributed by atoms with van der Waals surface area (Å²) in [5, 5.41) is 0. The van der Waals surface area contributed by atoms with E-state index in [1.165, 1.54) is 6.07 Å². The highest BCUT2D eigenvalue weighted by Gasteiger charge is 2.31. The van der Waals surface area contributed by atoms with E-state index >= 15 is 0 Å². The van der Waals surface area contributed by atoms with Crippen LogP contribution < -0.4 is 4.74 Å². The first kappa shape index (κ1) is 12.3. The molecule has 17 heavy (non-hydrogen) atoms. The van der Waals surface area contributed by atoms with Crippen molar-refractivity contribution in [3.05, 3.63) is 29.8 Å². The Balaban J connectivity index is 2.06. The summed E-state index contributed by atoms with van der Waals surface area (Å²) in [5.74, 6) is 0.921. The molecule has 1 unspecified atom stereocenters. The lowest BCUT2D eigenvalue weighted by atomic mass is 10.1. The minimum absolute atomic E-state index is 0.0634. The van der Waals surface area contributed by atoms with Crippen molar-refractivity contribution in [3.8, 4) is 5.75 Å². The summed E-state index contributed by atoms with van der Waals surface area (Å²) < 4.78 is 43.0. The zero-order valence-electron chi connectivity index (χ0n) is 9.63. The van der Waals surface area contributed by atoms with Gasteiger partial charge >= 0.3 is 6.18 Å². The molecular formula is C13H15F3O. The topological polar surface area (TPSA) is 9.23 Å². The first-order valence-corrected chi connectivity index (χ1v) is 5.79. The Hall–Kier alpha value is -1.19. The van der Waals surface area contributed by atoms with Gasteiger partial charge in [-0.1, -0.05) is 13.0 Å². The van der Waals surface area contributed by atoms with Gasteiger partial charge in [-0.3, -0.25) is 0 Å². The zero-order valence-corrected chi connectivity index (χ0v) is 9.63. The number of alkyl halides is 3. The van der Waals surface area contributed by atoms with Crippen molar-refractivity contribution in [1.29, 1.82) is 0 Å². The summed E-state index contributed by atoms with van der Waals surface area (Å²) in [7, 11) is 0. The molecule has 1 nitrogen and oxygen atoms in total. The molecule has 0 spiro atoms. The van der Waals surface area contributed by atoms with Crippen molar-refractivity contribution in [3.63, 3.8) is 0 Å². The van der Waals surface area contributed by atoms with Gasteiger partial charge in [-0.15, -0.1) is 0 Å². The largest absolute Gasteiger partial charge is 0.490 e. The van der Waals surface area contributed by atoms with E-state index in [-0.39, 0.29) is 6.10 Å². The number of ether oxygens (including phenoxy) is 1. The van der Waals surface area contributed by atoms with Crippen LogP contribution >= 0.6 is 0 Å². The average Bonchev–Trinajstić information content (AvgIpc) is 2.63. The Kier molecular flexibility index (Phi) is 3.31. The summed E-state index contributed by atoms with van der Waals surface area (Å²) in [6.45, 7) is 2.13. The van der Waals surface area contributed by atoms with Crippen molar-refractivity contribution < 1.29 is 17.9 Å². The highest BCUT2D eigenvalue weighted by atomic mass is 19.4. The molecule has 4 heteroatoms. The van der Waals surface area contributed by atoms with E-state index in [0.717, 1.165) is 31.4 Å². The summed E-state index contributed by atoms with van der Waals surface area (Å²) >= 11 is 0. The summed E-state index contributed by atoms with van der Waals surface area (Å²) in [6.07, 6.45) is -1.30. The minimum atomic E-state index is -4.30. The van der Waals surface area contributed by atoms with Crippen molar-refractivity contribution in [1.82, 2.24) is 0 Å². The number of rotatable bonds is 2. The average molecular weight is 244 g/mol. The maximum Gasteiger partial charge on any atom is 0.416 e. The molecule has 1 aromatic carbocycles. The number of hydrogen-bond acceptors (Lipinski definition) is 1. The molecule has 0 aromatic heterocycles. The van der Waals surface area contributed by atoms with Crippen LogP contribution in [0.25, 0.3) is 0 Å². The molecule has 0 aliphatic heterocycles. The molecule has 1 saturated carbocycles. The normalized spacial score (nSPS) is 24.9. The molecule has 1 aliphatic carbocycles. The van der Waals surface area contributed by atoms with Crippen LogP contribution in [0.3, 0.4) is 0 Å². The number of halogens is 3. The van der Waals surface area contributed by atoms with Gasteiger partial charge in [0.15, 0.2) is 0 Å². The van der Waals surface area contributed by atoms with E-state index in [0.29, 0.717) is 11.7 Å². The van der Waals surface area contributed by atoms with Crippen LogP contribution in [0.2, 0.25) is 0 Å². The fourth-order valence-corrected chi connectivity index (χ4v) is 2.20. The summed E-state index contributed by atoms with van der Waals surface area (Å²) in [4.78, 5) is 0. The van der Waals surface area contributed by atoms with E-state index < -0.39 is 11.7 Å². The van der Waals surface area contributed by atoms with Gasteiger partial charge in [-0.25, -0.2) is 0 Å². The predicted molar refractivity (Wildman–Crippen MR) is 58.9 cm³/mol. The van der Waals surface area contributed by atoms with Gasteiger partial charge in [0.2, 0.25) is 0 Å². The Morgan fingerprint density at radius 3 is 2.59 bits per heavy atom. The summed E-state index contributed by atoms with van der Waals surface area (Å²) in [6, 6.07) is 5.10. The van der Waals surface area contributed by atoms with Crippen LogP contribution in [-0.4, -0.2) is 6.10 Å². The first-order chi connectivity index (χ1) is 7.95. The molecule has 94 valence electrons. The Morgan fingerprint density at radius 1 is 1.24 bits per heavy atom. The van der Waals surface area contributed by atoms with Crippen LogP contribution in [0.5, 0.6) is 5.75 Å². The second-order valence-electron chi connectivity index (χ2n) is 4.68. The molecule has 1 aliphatic rings. The second kappa shape index (κ2) is 4.59. The monoisotopic (exact) mass is 244 g/mol. The van der Waals surface area contributed by atoms with Crippen molar-refractivity contribution in [2.45, 2.75) is 38.5 Å². The number of benzene rings is 1. The Morgan fingerprint density at radius 2 is 2.00 bits per heavy atom. The maximum atomic E-state index is 12.5. The molecule has 0 radical (unpaired) electrons. The van der Waals surface area contributed by atoms with Crippen LogP contribution in [0.15, 0.2) is 24.3 Å². The van der Waals surface area contributed by atoms with Crippen LogP contribution in [-0.2, 0) is 6.18 Å². The molecular weight excluding hydrogens is 229 g/mol. The third kappa shape index (κ3) is 3.14. The van der Waals surface area contributed by atoms with E-state index in [2.05, 4.69) is 6.92 Å². The lowest BCUT2D eigenvalue weighted by Gasteiger charge is -2.15. The highest BCUT2D eigenvalue weighted by molar-refractivity contribution is 5.30. The van der Waals surface area contributed by atoms with E-state index in [4.69, 9.17) is 4.74 Å². The highest BCUT2D eigenvalue weighted by Crippen LogP contribution is 2.33. The fraction of sp³-hybridized carbons (Fsp3) is 0.538. The van der Waals surface area contributed by atoms with Gasteiger partial charge in [-0.05, 0) is 43.4 Å². The lowest BCUT2D eigenvalue weighted by molar-refractivity contribution is -0.137.